The fourth-order valence-electron chi connectivity index (χ4n) is 4.91. The number of furan rings is 1. The van der Waals surface area contributed by atoms with Crippen molar-refractivity contribution in [3.8, 4) is 17.0 Å². The molecule has 0 amide bonds. The van der Waals surface area contributed by atoms with Gasteiger partial charge in [-0.15, -0.1) is 0 Å². The minimum Gasteiger partial charge on any atom is -0.497 e. The second kappa shape index (κ2) is 10.6. The van der Waals surface area contributed by atoms with Crippen LogP contribution in [-0.4, -0.2) is 31.0 Å². The maximum Gasteiger partial charge on any atom is 0.416 e. The second-order valence-electron chi connectivity index (χ2n) is 9.76. The second-order valence-corrected chi connectivity index (χ2v) is 9.76. The number of nitrogens with zero attached hydrogens (tertiary/aromatic N) is 4. The Bertz CT molecular complexity index is 1980. The average molecular weight is 576 g/mol. The molecule has 0 aliphatic rings. The van der Waals surface area contributed by atoms with Crippen LogP contribution in [0.15, 0.2) is 99.6 Å². The van der Waals surface area contributed by atoms with E-state index >= 15 is 0 Å². The highest BCUT2D eigenvalue weighted by molar-refractivity contribution is 5.82. The molecule has 0 saturated carbocycles. The van der Waals surface area contributed by atoms with Crippen molar-refractivity contribution < 1.29 is 22.3 Å². The quantitative estimate of drug-likeness (QED) is 0.272. The Morgan fingerprint density at radius 1 is 0.952 bits per heavy atom. The lowest BCUT2D eigenvalue weighted by molar-refractivity contribution is -0.138. The van der Waals surface area contributed by atoms with E-state index in [4.69, 9.17) is 9.15 Å². The molecule has 0 radical (unpaired) electrons. The highest BCUT2D eigenvalue weighted by Gasteiger charge is 2.33. The maximum absolute atomic E-state index is 13.7. The fourth-order valence-corrected chi connectivity index (χ4v) is 4.91. The summed E-state index contributed by atoms with van der Waals surface area (Å²) < 4.78 is 54.9. The average Bonchev–Trinajstić information content (AvgIpc) is 3.75. The molecule has 6 rings (SSSR count). The zero-order valence-corrected chi connectivity index (χ0v) is 22.3. The molecule has 42 heavy (non-hydrogen) atoms. The Morgan fingerprint density at radius 3 is 2.43 bits per heavy atom. The van der Waals surface area contributed by atoms with E-state index in [1.807, 2.05) is 0 Å². The van der Waals surface area contributed by atoms with Crippen LogP contribution < -0.4 is 16.0 Å². The van der Waals surface area contributed by atoms with Gasteiger partial charge in [0.25, 0.3) is 5.56 Å². The molecule has 12 heteroatoms. The van der Waals surface area contributed by atoms with Crippen molar-refractivity contribution in [1.82, 2.24) is 23.9 Å². The van der Waals surface area contributed by atoms with Crippen molar-refractivity contribution >= 4 is 11.0 Å². The summed E-state index contributed by atoms with van der Waals surface area (Å²) in [6.45, 7) is 0.0865. The monoisotopic (exact) mass is 575 g/mol. The first kappa shape index (κ1) is 26.9. The van der Waals surface area contributed by atoms with E-state index in [0.29, 0.717) is 22.5 Å². The van der Waals surface area contributed by atoms with Gasteiger partial charge in [-0.25, -0.2) is 4.79 Å². The number of aromatic amines is 1. The number of benzene rings is 2. The van der Waals surface area contributed by atoms with Crippen LogP contribution in [-0.2, 0) is 25.8 Å². The molecule has 0 aliphatic carbocycles. The maximum atomic E-state index is 13.7. The van der Waals surface area contributed by atoms with Crippen molar-refractivity contribution in [2.75, 3.05) is 7.11 Å². The van der Waals surface area contributed by atoms with Crippen molar-refractivity contribution in [2.45, 2.75) is 25.8 Å². The van der Waals surface area contributed by atoms with Crippen LogP contribution in [0, 0.1) is 0 Å². The molecular formula is C30H24F3N5O4. The first-order chi connectivity index (χ1) is 20.2. The van der Waals surface area contributed by atoms with Gasteiger partial charge in [-0.2, -0.15) is 18.3 Å². The topological polar surface area (TPSA) is 100.0 Å². The van der Waals surface area contributed by atoms with Crippen molar-refractivity contribution in [3.05, 3.63) is 129 Å². The van der Waals surface area contributed by atoms with E-state index in [1.54, 1.807) is 55.8 Å². The molecule has 0 spiro atoms. The summed E-state index contributed by atoms with van der Waals surface area (Å²) in [7, 11) is 1.55. The molecule has 0 unspecified atom stereocenters. The third kappa shape index (κ3) is 5.14. The number of ether oxygens (including phenoxy) is 1. The van der Waals surface area contributed by atoms with Gasteiger partial charge >= 0.3 is 11.9 Å². The van der Waals surface area contributed by atoms with Gasteiger partial charge in [0, 0.05) is 17.3 Å². The standard InChI is InChI=1S/C30H24F3N5O4/c1-41-23-8-6-19(7-9-23)14-38-28(39)27-26(37(29(38)40)15-20-10-11-42-18-20)12-25(35-27)22-13-34-36(17-22)16-21-4-2-3-5-24(21)30(31,32)33/h2-13,17-18,35H,14-16H2,1H3. The van der Waals surface area contributed by atoms with Crippen LogP contribution in [0.25, 0.3) is 22.3 Å². The number of H-pyrrole nitrogens is 1. The Morgan fingerprint density at radius 2 is 1.71 bits per heavy atom. The molecule has 0 fully saturated rings. The first-order valence-electron chi connectivity index (χ1n) is 12.9. The van der Waals surface area contributed by atoms with Gasteiger partial charge in [0.1, 0.15) is 11.3 Å². The predicted octanol–water partition coefficient (Wildman–Crippen LogP) is 5.12. The van der Waals surface area contributed by atoms with Gasteiger partial charge in [0.15, 0.2) is 0 Å². The van der Waals surface area contributed by atoms with Crippen LogP contribution in [0.3, 0.4) is 0 Å². The number of fused-ring (bicyclic) bond motifs is 1. The van der Waals surface area contributed by atoms with Gasteiger partial charge in [-0.3, -0.25) is 18.6 Å². The lowest BCUT2D eigenvalue weighted by Gasteiger charge is -2.12. The van der Waals surface area contributed by atoms with Crippen LogP contribution in [0.2, 0.25) is 0 Å². The van der Waals surface area contributed by atoms with Gasteiger partial charge in [-0.05, 0) is 41.5 Å². The molecule has 4 aromatic heterocycles. The number of hydrogen-bond acceptors (Lipinski definition) is 5. The van der Waals surface area contributed by atoms with Gasteiger partial charge < -0.3 is 14.1 Å². The van der Waals surface area contributed by atoms with Crippen LogP contribution in [0.1, 0.15) is 22.3 Å². The number of alkyl halides is 3. The van der Waals surface area contributed by atoms with Crippen LogP contribution in [0.5, 0.6) is 5.75 Å². The molecule has 0 atom stereocenters. The lowest BCUT2D eigenvalue weighted by Crippen LogP contribution is -2.40. The van der Waals surface area contributed by atoms with Crippen molar-refractivity contribution in [2.24, 2.45) is 0 Å². The lowest BCUT2D eigenvalue weighted by atomic mass is 10.1. The predicted molar refractivity (Wildman–Crippen MR) is 148 cm³/mol. The highest BCUT2D eigenvalue weighted by atomic mass is 19.4. The van der Waals surface area contributed by atoms with E-state index in [2.05, 4.69) is 10.1 Å². The fraction of sp³-hybridized carbons (Fsp3) is 0.167. The van der Waals surface area contributed by atoms with E-state index in [1.165, 1.54) is 40.1 Å². The Balaban J connectivity index is 1.41. The van der Waals surface area contributed by atoms with E-state index in [9.17, 15) is 22.8 Å². The molecule has 6 aromatic rings. The number of aromatic nitrogens is 5. The van der Waals surface area contributed by atoms with Crippen LogP contribution in [0.4, 0.5) is 13.2 Å². The molecular weight excluding hydrogens is 551 g/mol. The normalized spacial score (nSPS) is 11.8. The zero-order valence-electron chi connectivity index (χ0n) is 22.3. The van der Waals surface area contributed by atoms with Gasteiger partial charge in [-0.1, -0.05) is 30.3 Å². The number of rotatable bonds is 8. The number of methoxy groups -OCH3 is 1. The van der Waals surface area contributed by atoms with Gasteiger partial charge in [0.05, 0.1) is 62.2 Å². The Labute approximate surface area is 236 Å². The molecule has 2 aromatic carbocycles. The molecule has 214 valence electrons. The Kier molecular flexibility index (Phi) is 6.81. The summed E-state index contributed by atoms with van der Waals surface area (Å²) in [5.74, 6) is 0.648. The molecule has 4 heterocycles. The summed E-state index contributed by atoms with van der Waals surface area (Å²) in [4.78, 5) is 30.4. The van der Waals surface area contributed by atoms with Crippen molar-refractivity contribution in [1.29, 1.82) is 0 Å². The van der Waals surface area contributed by atoms with E-state index in [-0.39, 0.29) is 30.7 Å². The third-order valence-corrected chi connectivity index (χ3v) is 7.03. The smallest absolute Gasteiger partial charge is 0.416 e. The molecule has 1 N–H and O–H groups in total. The number of nitrogens with one attached hydrogen (secondary N) is 1. The number of hydrogen-bond donors (Lipinski definition) is 1. The first-order valence-corrected chi connectivity index (χ1v) is 12.9. The minimum absolute atomic E-state index is 0.0356. The molecule has 0 aliphatic heterocycles. The van der Waals surface area contributed by atoms with Crippen molar-refractivity contribution in [3.63, 3.8) is 0 Å². The summed E-state index contributed by atoms with van der Waals surface area (Å²) >= 11 is 0. The SMILES string of the molecule is COc1ccc(Cn2c(=O)c3[nH]c(-c4cnn(Cc5ccccc5C(F)(F)F)c4)cc3n(Cc3ccoc3)c2=O)cc1. The molecule has 0 bridgehead atoms. The highest BCUT2D eigenvalue weighted by Crippen LogP contribution is 2.32. The van der Waals surface area contributed by atoms with E-state index in [0.717, 1.165) is 21.8 Å². The summed E-state index contributed by atoms with van der Waals surface area (Å²) in [5, 5.41) is 4.25. The number of halogens is 3. The van der Waals surface area contributed by atoms with E-state index < -0.39 is 23.0 Å². The largest absolute Gasteiger partial charge is 0.497 e. The minimum atomic E-state index is -4.49. The molecule has 0 saturated heterocycles. The summed E-state index contributed by atoms with van der Waals surface area (Å²) in [5.41, 5.74) is 1.41. The zero-order chi connectivity index (χ0) is 29.4. The molecule has 9 nitrogen and oxygen atoms in total. The Hall–Kier alpha value is -5.26. The van der Waals surface area contributed by atoms with Crippen LogP contribution >= 0.6 is 0 Å². The van der Waals surface area contributed by atoms with Gasteiger partial charge in [0.2, 0.25) is 0 Å². The summed E-state index contributed by atoms with van der Waals surface area (Å²) in [6, 6.07) is 15.8. The third-order valence-electron chi connectivity index (χ3n) is 7.03. The summed E-state index contributed by atoms with van der Waals surface area (Å²) in [6.07, 6.45) is 1.61.